The van der Waals surface area contributed by atoms with Gasteiger partial charge in [-0.2, -0.15) is 0 Å². The number of rotatable bonds is 2. The molecule has 2 atom stereocenters. The Labute approximate surface area is 106 Å². The fourth-order valence-electron chi connectivity index (χ4n) is 3.48. The van der Waals surface area contributed by atoms with Gasteiger partial charge in [0, 0.05) is 12.6 Å². The summed E-state index contributed by atoms with van der Waals surface area (Å²) in [5, 5.41) is 0. The summed E-state index contributed by atoms with van der Waals surface area (Å²) >= 11 is 0. The lowest BCUT2D eigenvalue weighted by molar-refractivity contribution is 0.188. The smallest absolute Gasteiger partial charge is 0.209 e. The van der Waals surface area contributed by atoms with Gasteiger partial charge < -0.3 is 10.2 Å². The van der Waals surface area contributed by atoms with Crippen LogP contribution in [0, 0.1) is 5.92 Å². The van der Waals surface area contributed by atoms with Gasteiger partial charge in [-0.15, -0.1) is 0 Å². The molecule has 1 saturated carbocycles. The number of aromatic nitrogens is 1. The van der Waals surface area contributed by atoms with Crippen molar-refractivity contribution in [1.82, 2.24) is 9.88 Å². The van der Waals surface area contributed by atoms with Gasteiger partial charge in [0.05, 0.1) is 12.2 Å². The highest BCUT2D eigenvalue weighted by Gasteiger charge is 2.38. The van der Waals surface area contributed by atoms with E-state index in [4.69, 9.17) is 10.2 Å². The van der Waals surface area contributed by atoms with Crippen LogP contribution in [0.5, 0.6) is 0 Å². The Kier molecular flexibility index (Phi) is 2.14. The van der Waals surface area contributed by atoms with Crippen molar-refractivity contribution in [3.63, 3.8) is 0 Å². The molecule has 1 saturated heterocycles. The minimum absolute atomic E-state index is 0.699. The van der Waals surface area contributed by atoms with Crippen LogP contribution in [0.2, 0.25) is 0 Å². The third-order valence-electron chi connectivity index (χ3n) is 4.36. The summed E-state index contributed by atoms with van der Waals surface area (Å²) in [6.45, 7) is 2.04. The molecule has 0 amide bonds. The number of fused-ring (bicyclic) bond motifs is 3. The predicted molar refractivity (Wildman–Crippen MR) is 70.0 cm³/mol. The monoisotopic (exact) mass is 243 g/mol. The van der Waals surface area contributed by atoms with E-state index in [9.17, 15) is 0 Å². The van der Waals surface area contributed by atoms with E-state index in [0.717, 1.165) is 35.5 Å². The van der Waals surface area contributed by atoms with Gasteiger partial charge in [0.2, 0.25) is 5.89 Å². The molecule has 1 aromatic carbocycles. The number of nitrogen functional groups attached to an aromatic ring is 1. The second-order valence-electron chi connectivity index (χ2n) is 5.56. The molecule has 18 heavy (non-hydrogen) atoms. The fraction of sp³-hybridized carbons (Fsp3) is 0.500. The molecule has 1 aromatic heterocycles. The van der Waals surface area contributed by atoms with Crippen LogP contribution in [0.3, 0.4) is 0 Å². The quantitative estimate of drug-likeness (QED) is 0.823. The number of likely N-dealkylation sites (tertiary alicyclic amines) is 1. The number of nitrogens with zero attached hydrogens (tertiary/aromatic N) is 2. The largest absolute Gasteiger partial charge is 0.439 e. The van der Waals surface area contributed by atoms with Gasteiger partial charge in [0.1, 0.15) is 5.52 Å². The molecule has 1 aliphatic heterocycles. The average Bonchev–Trinajstić information content (AvgIpc) is 3.03. The standard InChI is InChI=1S/C14H17N3O/c15-11-2-1-3-12-14(11)16-13(18-12)8-17-7-9-4-5-10(17)6-9/h1-3,9-10H,4-8,15H2. The lowest BCUT2D eigenvalue weighted by atomic mass is 10.1. The van der Waals surface area contributed by atoms with Crippen molar-refractivity contribution in [2.45, 2.75) is 31.8 Å². The molecule has 4 heteroatoms. The Morgan fingerprint density at radius 3 is 3.06 bits per heavy atom. The highest BCUT2D eigenvalue weighted by molar-refractivity contribution is 5.85. The van der Waals surface area contributed by atoms with E-state index in [0.29, 0.717) is 5.69 Å². The Morgan fingerprint density at radius 1 is 1.39 bits per heavy atom. The van der Waals surface area contributed by atoms with Gasteiger partial charge in [-0.1, -0.05) is 6.07 Å². The number of para-hydroxylation sites is 1. The van der Waals surface area contributed by atoms with E-state index in [-0.39, 0.29) is 0 Å². The first-order chi connectivity index (χ1) is 8.79. The Hall–Kier alpha value is -1.55. The van der Waals surface area contributed by atoms with E-state index in [2.05, 4.69) is 9.88 Å². The Bertz CT molecular complexity index is 592. The maximum atomic E-state index is 5.90. The van der Waals surface area contributed by atoms with Gasteiger partial charge in [-0.3, -0.25) is 4.90 Å². The first kappa shape index (κ1) is 10.4. The zero-order chi connectivity index (χ0) is 12.1. The summed E-state index contributed by atoms with van der Waals surface area (Å²) in [6, 6.07) is 6.46. The lowest BCUT2D eigenvalue weighted by Gasteiger charge is -2.24. The summed E-state index contributed by atoms with van der Waals surface area (Å²) in [5.41, 5.74) is 8.20. The normalized spacial score (nSPS) is 27.3. The Balaban J connectivity index is 1.61. The van der Waals surface area contributed by atoms with Crippen molar-refractivity contribution in [2.24, 2.45) is 5.92 Å². The molecule has 2 N–H and O–H groups in total. The summed E-state index contributed by atoms with van der Waals surface area (Å²) in [7, 11) is 0. The maximum absolute atomic E-state index is 5.90. The highest BCUT2D eigenvalue weighted by Crippen LogP contribution is 2.38. The lowest BCUT2D eigenvalue weighted by Crippen LogP contribution is -2.31. The van der Waals surface area contributed by atoms with Crippen molar-refractivity contribution < 1.29 is 4.42 Å². The third-order valence-corrected chi connectivity index (χ3v) is 4.36. The second-order valence-corrected chi connectivity index (χ2v) is 5.56. The summed E-state index contributed by atoms with van der Waals surface area (Å²) < 4.78 is 5.79. The zero-order valence-electron chi connectivity index (χ0n) is 10.3. The molecular weight excluding hydrogens is 226 g/mol. The van der Waals surface area contributed by atoms with Gasteiger partial charge in [-0.25, -0.2) is 4.98 Å². The second kappa shape index (κ2) is 3.72. The number of piperidine rings is 1. The molecule has 0 radical (unpaired) electrons. The number of hydrogen-bond acceptors (Lipinski definition) is 4. The summed E-state index contributed by atoms with van der Waals surface area (Å²) in [4.78, 5) is 7.03. The minimum Gasteiger partial charge on any atom is -0.439 e. The molecule has 2 bridgehead atoms. The van der Waals surface area contributed by atoms with Crippen molar-refractivity contribution in [1.29, 1.82) is 0 Å². The van der Waals surface area contributed by atoms with Crippen LogP contribution in [-0.4, -0.2) is 22.5 Å². The molecular formula is C14H17N3O. The summed E-state index contributed by atoms with van der Waals surface area (Å²) in [6.07, 6.45) is 4.11. The van der Waals surface area contributed by atoms with Crippen LogP contribution in [-0.2, 0) is 6.54 Å². The number of oxazole rings is 1. The third kappa shape index (κ3) is 1.52. The molecule has 2 aliphatic rings. The number of nitrogens with two attached hydrogens (primary N) is 1. The SMILES string of the molecule is Nc1cccc2oc(CN3CC4CCC3C4)nc12. The van der Waals surface area contributed by atoms with Crippen molar-refractivity contribution in [3.05, 3.63) is 24.1 Å². The molecule has 1 aliphatic carbocycles. The topological polar surface area (TPSA) is 55.3 Å². The molecule has 2 heterocycles. The Morgan fingerprint density at radius 2 is 2.33 bits per heavy atom. The van der Waals surface area contributed by atoms with Crippen LogP contribution < -0.4 is 5.73 Å². The van der Waals surface area contributed by atoms with Gasteiger partial charge in [-0.05, 0) is 37.3 Å². The number of hydrogen-bond donors (Lipinski definition) is 1. The molecule has 4 nitrogen and oxygen atoms in total. The van der Waals surface area contributed by atoms with Crippen molar-refractivity contribution in [2.75, 3.05) is 12.3 Å². The van der Waals surface area contributed by atoms with E-state index < -0.39 is 0 Å². The molecule has 0 spiro atoms. The molecule has 2 aromatic rings. The number of anilines is 1. The first-order valence-corrected chi connectivity index (χ1v) is 6.67. The number of benzene rings is 1. The molecule has 4 rings (SSSR count). The van der Waals surface area contributed by atoms with Crippen LogP contribution in [0.4, 0.5) is 5.69 Å². The fourth-order valence-corrected chi connectivity index (χ4v) is 3.48. The van der Waals surface area contributed by atoms with E-state index >= 15 is 0 Å². The average molecular weight is 243 g/mol. The van der Waals surface area contributed by atoms with Gasteiger partial charge >= 0.3 is 0 Å². The molecule has 94 valence electrons. The van der Waals surface area contributed by atoms with Crippen molar-refractivity contribution in [3.8, 4) is 0 Å². The van der Waals surface area contributed by atoms with Crippen LogP contribution in [0.15, 0.2) is 22.6 Å². The van der Waals surface area contributed by atoms with Crippen LogP contribution in [0.25, 0.3) is 11.1 Å². The van der Waals surface area contributed by atoms with E-state index in [1.807, 2.05) is 18.2 Å². The van der Waals surface area contributed by atoms with E-state index in [1.54, 1.807) is 0 Å². The zero-order valence-corrected chi connectivity index (χ0v) is 10.3. The van der Waals surface area contributed by atoms with Gasteiger partial charge in [0.15, 0.2) is 5.58 Å². The highest BCUT2D eigenvalue weighted by atomic mass is 16.3. The molecule has 2 fully saturated rings. The van der Waals surface area contributed by atoms with Gasteiger partial charge in [0.25, 0.3) is 0 Å². The van der Waals surface area contributed by atoms with E-state index in [1.165, 1.54) is 25.8 Å². The minimum atomic E-state index is 0.699. The van der Waals surface area contributed by atoms with Crippen LogP contribution >= 0.6 is 0 Å². The first-order valence-electron chi connectivity index (χ1n) is 6.67. The van der Waals surface area contributed by atoms with Crippen LogP contribution in [0.1, 0.15) is 25.2 Å². The molecule has 2 unspecified atom stereocenters. The maximum Gasteiger partial charge on any atom is 0.209 e. The predicted octanol–water partition coefficient (Wildman–Crippen LogP) is 2.39. The summed E-state index contributed by atoms with van der Waals surface area (Å²) in [5.74, 6) is 1.71. The van der Waals surface area contributed by atoms with Crippen molar-refractivity contribution >= 4 is 16.8 Å².